The lowest BCUT2D eigenvalue weighted by Crippen LogP contribution is -2.01. The van der Waals surface area contributed by atoms with Gasteiger partial charge in [0.1, 0.15) is 0 Å². The lowest BCUT2D eigenvalue weighted by atomic mass is 10.2. The molecule has 0 aliphatic heterocycles. The Kier molecular flexibility index (Phi) is 3.10. The summed E-state index contributed by atoms with van der Waals surface area (Å²) in [6, 6.07) is 9.37. The van der Waals surface area contributed by atoms with Gasteiger partial charge in [-0.1, -0.05) is 0 Å². The molecule has 4 heteroatoms. The van der Waals surface area contributed by atoms with Gasteiger partial charge in [-0.3, -0.25) is 9.97 Å². The minimum atomic E-state index is 0.625. The maximum absolute atomic E-state index is 8.65. The van der Waals surface area contributed by atoms with Crippen molar-refractivity contribution in [3.8, 4) is 6.07 Å². The van der Waals surface area contributed by atoms with Crippen LogP contribution in [0.15, 0.2) is 42.9 Å². The Morgan fingerprint density at radius 1 is 1.19 bits per heavy atom. The molecule has 78 valence electrons. The first kappa shape index (κ1) is 10.1. The summed E-state index contributed by atoms with van der Waals surface area (Å²) in [4.78, 5) is 8.13. The molecule has 0 unspecified atom stereocenters. The van der Waals surface area contributed by atoms with Crippen LogP contribution in [-0.2, 0) is 6.54 Å². The maximum atomic E-state index is 8.65. The second-order valence-corrected chi connectivity index (χ2v) is 3.24. The third-order valence-electron chi connectivity index (χ3n) is 2.10. The summed E-state index contributed by atoms with van der Waals surface area (Å²) in [6.45, 7) is 0.625. The Morgan fingerprint density at radius 2 is 2.00 bits per heavy atom. The first-order valence-electron chi connectivity index (χ1n) is 4.87. The zero-order valence-corrected chi connectivity index (χ0v) is 8.59. The summed E-state index contributed by atoms with van der Waals surface area (Å²) in [6.07, 6.45) is 5.03. The zero-order chi connectivity index (χ0) is 11.2. The third kappa shape index (κ3) is 2.55. The van der Waals surface area contributed by atoms with Gasteiger partial charge >= 0.3 is 0 Å². The Bertz CT molecular complexity index is 485. The highest BCUT2D eigenvalue weighted by Gasteiger charge is 1.95. The number of aromatic nitrogens is 2. The van der Waals surface area contributed by atoms with Gasteiger partial charge in [-0.2, -0.15) is 5.26 Å². The van der Waals surface area contributed by atoms with Gasteiger partial charge in [0.2, 0.25) is 0 Å². The molecule has 16 heavy (non-hydrogen) atoms. The van der Waals surface area contributed by atoms with Crippen LogP contribution in [0.25, 0.3) is 0 Å². The summed E-state index contributed by atoms with van der Waals surface area (Å²) in [5, 5.41) is 11.8. The van der Waals surface area contributed by atoms with Crippen LogP contribution in [0.5, 0.6) is 0 Å². The van der Waals surface area contributed by atoms with E-state index < -0.39 is 0 Å². The quantitative estimate of drug-likeness (QED) is 0.841. The number of rotatable bonds is 3. The van der Waals surface area contributed by atoms with Gasteiger partial charge in [0.05, 0.1) is 30.1 Å². The van der Waals surface area contributed by atoms with Crippen molar-refractivity contribution in [2.75, 3.05) is 5.32 Å². The molecule has 1 aromatic heterocycles. The molecule has 1 N–H and O–H groups in total. The van der Waals surface area contributed by atoms with Crippen LogP contribution < -0.4 is 5.32 Å². The van der Waals surface area contributed by atoms with E-state index in [0.29, 0.717) is 12.1 Å². The van der Waals surface area contributed by atoms with Crippen molar-refractivity contribution in [3.05, 3.63) is 54.1 Å². The van der Waals surface area contributed by atoms with Crippen LogP contribution in [0, 0.1) is 11.3 Å². The summed E-state index contributed by atoms with van der Waals surface area (Å²) in [5.74, 6) is 0. The van der Waals surface area contributed by atoms with Crippen molar-refractivity contribution in [1.29, 1.82) is 5.26 Å². The van der Waals surface area contributed by atoms with Crippen LogP contribution >= 0.6 is 0 Å². The summed E-state index contributed by atoms with van der Waals surface area (Å²) in [7, 11) is 0. The van der Waals surface area contributed by atoms with Gasteiger partial charge in [0.15, 0.2) is 0 Å². The van der Waals surface area contributed by atoms with Crippen molar-refractivity contribution in [2.24, 2.45) is 0 Å². The first-order chi connectivity index (χ1) is 7.88. The third-order valence-corrected chi connectivity index (χ3v) is 2.10. The lowest BCUT2D eigenvalue weighted by molar-refractivity contribution is 1.01. The number of nitrogens with zero attached hydrogens (tertiary/aromatic N) is 3. The van der Waals surface area contributed by atoms with Gasteiger partial charge in [0, 0.05) is 18.1 Å². The molecule has 4 nitrogen and oxygen atoms in total. The molecule has 1 aromatic carbocycles. The first-order valence-corrected chi connectivity index (χ1v) is 4.87. The number of anilines is 1. The highest BCUT2D eigenvalue weighted by Crippen LogP contribution is 2.09. The SMILES string of the molecule is N#Cc1ccc(NCc2cnccn2)cc1. The van der Waals surface area contributed by atoms with E-state index in [4.69, 9.17) is 5.26 Å². The van der Waals surface area contributed by atoms with Crippen molar-refractivity contribution in [3.63, 3.8) is 0 Å². The number of nitrogens with one attached hydrogen (secondary N) is 1. The number of benzene rings is 1. The van der Waals surface area contributed by atoms with Gasteiger partial charge in [0.25, 0.3) is 0 Å². The molecular weight excluding hydrogens is 200 g/mol. The molecule has 2 rings (SSSR count). The average molecular weight is 210 g/mol. The fourth-order valence-corrected chi connectivity index (χ4v) is 1.28. The monoisotopic (exact) mass is 210 g/mol. The summed E-state index contributed by atoms with van der Waals surface area (Å²) >= 11 is 0. The molecule has 0 amide bonds. The molecule has 0 radical (unpaired) electrons. The van der Waals surface area contributed by atoms with E-state index in [1.807, 2.05) is 12.1 Å². The summed E-state index contributed by atoms with van der Waals surface area (Å²) in [5.41, 5.74) is 2.50. The smallest absolute Gasteiger partial charge is 0.0991 e. The average Bonchev–Trinajstić information content (AvgIpc) is 2.38. The highest BCUT2D eigenvalue weighted by atomic mass is 14.9. The Hall–Kier alpha value is -2.41. The van der Waals surface area contributed by atoms with Crippen LogP contribution in [0.4, 0.5) is 5.69 Å². The molecular formula is C12H10N4. The number of hydrogen-bond donors (Lipinski definition) is 1. The molecule has 0 atom stereocenters. The molecule has 0 fully saturated rings. The number of nitriles is 1. The van der Waals surface area contributed by atoms with E-state index >= 15 is 0 Å². The standard InChI is InChI=1S/C12H10N4/c13-7-10-1-3-11(4-2-10)16-9-12-8-14-5-6-15-12/h1-6,8,16H,9H2. The number of hydrogen-bond acceptors (Lipinski definition) is 4. The maximum Gasteiger partial charge on any atom is 0.0991 e. The van der Waals surface area contributed by atoms with Gasteiger partial charge in [-0.15, -0.1) is 0 Å². The molecule has 1 heterocycles. The molecule has 0 spiro atoms. The molecule has 0 saturated carbocycles. The molecule has 0 aliphatic carbocycles. The van der Waals surface area contributed by atoms with Gasteiger partial charge in [-0.25, -0.2) is 0 Å². The summed E-state index contributed by atoms with van der Waals surface area (Å²) < 4.78 is 0. The van der Waals surface area contributed by atoms with Crippen LogP contribution in [0.1, 0.15) is 11.3 Å². The minimum Gasteiger partial charge on any atom is -0.379 e. The highest BCUT2D eigenvalue weighted by molar-refractivity contribution is 5.47. The van der Waals surface area contributed by atoms with Gasteiger partial charge < -0.3 is 5.32 Å². The van der Waals surface area contributed by atoms with Crippen LogP contribution in [0.3, 0.4) is 0 Å². The molecule has 0 bridgehead atoms. The minimum absolute atomic E-state index is 0.625. The molecule has 0 aliphatic rings. The fraction of sp³-hybridized carbons (Fsp3) is 0.0833. The second kappa shape index (κ2) is 4.89. The lowest BCUT2D eigenvalue weighted by Gasteiger charge is -2.04. The van der Waals surface area contributed by atoms with Crippen molar-refractivity contribution < 1.29 is 0 Å². The van der Waals surface area contributed by atoms with Crippen molar-refractivity contribution in [2.45, 2.75) is 6.54 Å². The van der Waals surface area contributed by atoms with Gasteiger partial charge in [-0.05, 0) is 24.3 Å². The molecule has 0 saturated heterocycles. The van der Waals surface area contributed by atoms with E-state index in [0.717, 1.165) is 11.4 Å². The van der Waals surface area contributed by atoms with Crippen LogP contribution in [0.2, 0.25) is 0 Å². The molecule has 2 aromatic rings. The Morgan fingerprint density at radius 3 is 2.62 bits per heavy atom. The Balaban J connectivity index is 1.98. The van der Waals surface area contributed by atoms with E-state index in [-0.39, 0.29) is 0 Å². The van der Waals surface area contributed by atoms with E-state index in [9.17, 15) is 0 Å². The predicted octanol–water partition coefficient (Wildman–Crippen LogP) is 1.96. The van der Waals surface area contributed by atoms with E-state index in [1.165, 1.54) is 0 Å². The fourth-order valence-electron chi connectivity index (χ4n) is 1.28. The Labute approximate surface area is 93.6 Å². The van der Waals surface area contributed by atoms with E-state index in [2.05, 4.69) is 21.4 Å². The van der Waals surface area contributed by atoms with Crippen LogP contribution in [-0.4, -0.2) is 9.97 Å². The normalized spacial score (nSPS) is 9.44. The predicted molar refractivity (Wildman–Crippen MR) is 60.5 cm³/mol. The van der Waals surface area contributed by atoms with Crippen molar-refractivity contribution >= 4 is 5.69 Å². The zero-order valence-electron chi connectivity index (χ0n) is 8.59. The van der Waals surface area contributed by atoms with Crippen molar-refractivity contribution in [1.82, 2.24) is 9.97 Å². The largest absolute Gasteiger partial charge is 0.379 e. The van der Waals surface area contributed by atoms with E-state index in [1.54, 1.807) is 30.7 Å². The topological polar surface area (TPSA) is 61.6 Å². The second-order valence-electron chi connectivity index (χ2n) is 3.24.